The van der Waals surface area contributed by atoms with Crippen molar-refractivity contribution in [2.24, 2.45) is 5.10 Å². The van der Waals surface area contributed by atoms with E-state index in [0.717, 1.165) is 53.9 Å². The highest BCUT2D eigenvalue weighted by Gasteiger charge is 2.17. The number of rotatable bonds is 5. The second kappa shape index (κ2) is 9.11. The molecule has 0 amide bonds. The molecule has 0 bridgehead atoms. The summed E-state index contributed by atoms with van der Waals surface area (Å²) in [5.74, 6) is 1.59. The lowest BCUT2D eigenvalue weighted by molar-refractivity contribution is 0.158. The van der Waals surface area contributed by atoms with Crippen LogP contribution in [-0.2, 0) is 6.61 Å². The molecule has 0 aliphatic carbocycles. The molecule has 6 nitrogen and oxygen atoms in total. The summed E-state index contributed by atoms with van der Waals surface area (Å²) in [7, 11) is 2.14. The van der Waals surface area contributed by atoms with Gasteiger partial charge in [-0.25, -0.2) is 4.98 Å². The monoisotopic (exact) mass is 409 g/mol. The topological polar surface area (TPSA) is 45.9 Å². The minimum absolute atomic E-state index is 0.458. The molecular formula is C22H24ClN5O. The van der Waals surface area contributed by atoms with E-state index in [-0.39, 0.29) is 0 Å². The zero-order valence-corrected chi connectivity index (χ0v) is 17.2. The van der Waals surface area contributed by atoms with Crippen LogP contribution in [0, 0.1) is 0 Å². The smallest absolute Gasteiger partial charge is 0.169 e. The molecule has 4 rings (SSSR count). The molecule has 0 atom stereocenters. The molecular weight excluding hydrogens is 386 g/mol. The molecule has 0 saturated carbocycles. The molecule has 0 radical (unpaired) electrons. The van der Waals surface area contributed by atoms with Crippen molar-refractivity contribution in [3.05, 3.63) is 83.4 Å². The molecule has 2 aromatic carbocycles. The third-order valence-corrected chi connectivity index (χ3v) is 5.15. The summed E-state index contributed by atoms with van der Waals surface area (Å²) >= 11 is 5.98. The van der Waals surface area contributed by atoms with Crippen molar-refractivity contribution in [1.82, 2.24) is 19.5 Å². The highest BCUT2D eigenvalue weighted by Crippen LogP contribution is 2.22. The van der Waals surface area contributed by atoms with Crippen molar-refractivity contribution in [2.45, 2.75) is 6.61 Å². The quantitative estimate of drug-likeness (QED) is 0.477. The highest BCUT2D eigenvalue weighted by molar-refractivity contribution is 6.30. The van der Waals surface area contributed by atoms with Crippen LogP contribution in [0.5, 0.6) is 5.75 Å². The number of nitrogens with zero attached hydrogens (tertiary/aromatic N) is 5. The minimum atomic E-state index is 0.458. The Kier molecular flexibility index (Phi) is 6.12. The van der Waals surface area contributed by atoms with E-state index in [1.54, 1.807) is 12.5 Å². The standard InChI is InChI=1S/C22H24ClN5O/c1-26-12-14-28(15-13-26)25-22(27-11-10-24-17-27)20-4-2-3-5-21(20)29-16-18-6-8-19(23)9-7-18/h2-11,17H,12-16H2,1H3/b25-22-. The Labute approximate surface area is 176 Å². The Morgan fingerprint density at radius 3 is 2.55 bits per heavy atom. The number of aromatic nitrogens is 2. The summed E-state index contributed by atoms with van der Waals surface area (Å²) in [5.41, 5.74) is 1.99. The third-order valence-electron chi connectivity index (χ3n) is 4.90. The molecule has 1 aromatic heterocycles. The van der Waals surface area contributed by atoms with Gasteiger partial charge in [-0.15, -0.1) is 0 Å². The van der Waals surface area contributed by atoms with Gasteiger partial charge in [0, 0.05) is 43.6 Å². The van der Waals surface area contributed by atoms with E-state index < -0.39 is 0 Å². The first-order chi connectivity index (χ1) is 14.2. The first-order valence-electron chi connectivity index (χ1n) is 9.66. The van der Waals surface area contributed by atoms with E-state index >= 15 is 0 Å². The van der Waals surface area contributed by atoms with Gasteiger partial charge in [0.2, 0.25) is 0 Å². The number of piperazine rings is 1. The van der Waals surface area contributed by atoms with Gasteiger partial charge < -0.3 is 9.64 Å². The van der Waals surface area contributed by atoms with Gasteiger partial charge in [0.25, 0.3) is 0 Å². The second-order valence-electron chi connectivity index (χ2n) is 7.06. The molecule has 150 valence electrons. The Hall–Kier alpha value is -2.83. The van der Waals surface area contributed by atoms with Gasteiger partial charge in [0.15, 0.2) is 5.84 Å². The number of para-hydroxylation sites is 1. The Bertz CT molecular complexity index is 948. The molecule has 0 spiro atoms. The van der Waals surface area contributed by atoms with Gasteiger partial charge in [0.05, 0.1) is 5.56 Å². The summed E-state index contributed by atoms with van der Waals surface area (Å²) in [6, 6.07) is 15.7. The van der Waals surface area contributed by atoms with Gasteiger partial charge in [-0.3, -0.25) is 9.58 Å². The van der Waals surface area contributed by atoms with E-state index in [9.17, 15) is 0 Å². The lowest BCUT2D eigenvalue weighted by Crippen LogP contribution is -2.42. The molecule has 7 heteroatoms. The molecule has 0 N–H and O–H groups in total. The highest BCUT2D eigenvalue weighted by atomic mass is 35.5. The lowest BCUT2D eigenvalue weighted by atomic mass is 10.1. The third kappa shape index (κ3) is 4.96. The average molecular weight is 410 g/mol. The van der Waals surface area contributed by atoms with Crippen LogP contribution in [0.2, 0.25) is 5.02 Å². The molecule has 1 aliphatic rings. The van der Waals surface area contributed by atoms with Crippen LogP contribution in [0.1, 0.15) is 11.1 Å². The maximum atomic E-state index is 6.16. The van der Waals surface area contributed by atoms with Gasteiger partial charge in [-0.2, -0.15) is 5.10 Å². The zero-order chi connectivity index (χ0) is 20.1. The number of ether oxygens (including phenoxy) is 1. The Morgan fingerprint density at radius 1 is 1.07 bits per heavy atom. The van der Waals surface area contributed by atoms with Gasteiger partial charge in [-0.1, -0.05) is 35.9 Å². The fourth-order valence-electron chi connectivity index (χ4n) is 3.18. The van der Waals surface area contributed by atoms with Crippen LogP contribution in [0.25, 0.3) is 0 Å². The fraction of sp³-hybridized carbons (Fsp3) is 0.273. The molecule has 1 aliphatic heterocycles. The van der Waals surface area contributed by atoms with Crippen LogP contribution in [-0.4, -0.2) is 58.5 Å². The second-order valence-corrected chi connectivity index (χ2v) is 7.50. The van der Waals surface area contributed by atoms with E-state index in [1.807, 2.05) is 59.3 Å². The fourth-order valence-corrected chi connectivity index (χ4v) is 3.30. The molecule has 2 heterocycles. The van der Waals surface area contributed by atoms with Crippen molar-refractivity contribution in [3.8, 4) is 5.75 Å². The van der Waals surface area contributed by atoms with Crippen molar-refractivity contribution < 1.29 is 4.74 Å². The first kappa shape index (κ1) is 19.5. The number of benzene rings is 2. The maximum Gasteiger partial charge on any atom is 0.169 e. The maximum absolute atomic E-state index is 6.16. The SMILES string of the molecule is CN1CCN(/N=C(/c2ccccc2OCc2ccc(Cl)cc2)n2ccnc2)CC1. The number of hydrogen-bond acceptors (Lipinski definition) is 5. The van der Waals surface area contributed by atoms with Crippen LogP contribution in [0.15, 0.2) is 72.4 Å². The van der Waals surface area contributed by atoms with Gasteiger partial charge in [0.1, 0.15) is 18.7 Å². The molecule has 1 fully saturated rings. The van der Waals surface area contributed by atoms with Crippen LogP contribution in [0.4, 0.5) is 0 Å². The number of halogens is 1. The van der Waals surface area contributed by atoms with Gasteiger partial charge in [-0.05, 0) is 36.9 Å². The predicted octanol–water partition coefficient (Wildman–Crippen LogP) is 3.57. The van der Waals surface area contributed by atoms with Crippen molar-refractivity contribution in [2.75, 3.05) is 33.2 Å². The first-order valence-corrected chi connectivity index (χ1v) is 10.0. The summed E-state index contributed by atoms with van der Waals surface area (Å²) in [6.45, 7) is 4.23. The number of hydrogen-bond donors (Lipinski definition) is 0. The Morgan fingerprint density at radius 2 is 1.83 bits per heavy atom. The number of hydrazone groups is 1. The van der Waals surface area contributed by atoms with Crippen molar-refractivity contribution in [1.29, 1.82) is 0 Å². The number of imidazole rings is 1. The number of likely N-dealkylation sites (N-methyl/N-ethyl adjacent to an activating group) is 1. The van der Waals surface area contributed by atoms with E-state index in [4.69, 9.17) is 21.4 Å². The van der Waals surface area contributed by atoms with Crippen LogP contribution in [0.3, 0.4) is 0 Å². The predicted molar refractivity (Wildman–Crippen MR) is 115 cm³/mol. The van der Waals surface area contributed by atoms with E-state index in [1.165, 1.54) is 0 Å². The molecule has 3 aromatic rings. The van der Waals surface area contributed by atoms with Crippen LogP contribution < -0.4 is 4.74 Å². The van der Waals surface area contributed by atoms with E-state index in [2.05, 4.69) is 21.9 Å². The minimum Gasteiger partial charge on any atom is -0.488 e. The lowest BCUT2D eigenvalue weighted by Gasteiger charge is -2.31. The molecule has 1 saturated heterocycles. The summed E-state index contributed by atoms with van der Waals surface area (Å²) < 4.78 is 8.10. The normalized spacial score (nSPS) is 15.5. The summed E-state index contributed by atoms with van der Waals surface area (Å²) in [6.07, 6.45) is 5.44. The summed E-state index contributed by atoms with van der Waals surface area (Å²) in [4.78, 5) is 6.52. The van der Waals surface area contributed by atoms with Crippen molar-refractivity contribution in [3.63, 3.8) is 0 Å². The van der Waals surface area contributed by atoms with Crippen LogP contribution >= 0.6 is 11.6 Å². The Balaban J connectivity index is 1.62. The zero-order valence-electron chi connectivity index (χ0n) is 16.4. The van der Waals surface area contributed by atoms with E-state index in [0.29, 0.717) is 6.61 Å². The largest absolute Gasteiger partial charge is 0.488 e. The average Bonchev–Trinajstić information content (AvgIpc) is 3.28. The molecule has 0 unspecified atom stereocenters. The van der Waals surface area contributed by atoms with Crippen molar-refractivity contribution >= 4 is 17.4 Å². The molecule has 29 heavy (non-hydrogen) atoms. The van der Waals surface area contributed by atoms with Gasteiger partial charge >= 0.3 is 0 Å². The summed E-state index contributed by atoms with van der Waals surface area (Å²) in [5, 5.41) is 7.79.